The molecular weight excluding hydrogens is 395 g/mol. The molecule has 26 heavy (non-hydrogen) atoms. The highest BCUT2D eigenvalue weighted by atomic mass is 35.5. The molecule has 2 saturated heterocycles. The zero-order valence-electron chi connectivity index (χ0n) is 15.1. The van der Waals surface area contributed by atoms with Crippen molar-refractivity contribution in [3.05, 3.63) is 35.9 Å². The predicted molar refractivity (Wildman–Crippen MR) is 114 cm³/mol. The number of hydrogen-bond donors (Lipinski definition) is 2. The molecule has 1 aromatic carbocycles. The van der Waals surface area contributed by atoms with Crippen LogP contribution in [0.15, 0.2) is 30.3 Å². The van der Waals surface area contributed by atoms with Gasteiger partial charge in [-0.15, -0.1) is 37.2 Å². The van der Waals surface area contributed by atoms with Crippen molar-refractivity contribution in [2.24, 2.45) is 5.92 Å². The van der Waals surface area contributed by atoms with E-state index in [1.807, 2.05) is 0 Å². The molecule has 150 valence electrons. The van der Waals surface area contributed by atoms with E-state index in [9.17, 15) is 4.79 Å². The minimum Gasteiger partial charge on any atom is -0.355 e. The molecule has 0 saturated carbocycles. The smallest absolute Gasteiger partial charge is 0.224 e. The molecule has 2 aliphatic heterocycles. The zero-order chi connectivity index (χ0) is 15.9. The van der Waals surface area contributed by atoms with Crippen LogP contribution in [0.25, 0.3) is 0 Å². The first-order chi connectivity index (χ1) is 11.3. The van der Waals surface area contributed by atoms with E-state index in [1.54, 1.807) is 0 Å². The van der Waals surface area contributed by atoms with E-state index in [4.69, 9.17) is 0 Å². The first kappa shape index (κ1) is 25.4. The van der Waals surface area contributed by atoms with Gasteiger partial charge in [-0.1, -0.05) is 30.3 Å². The maximum absolute atomic E-state index is 12.0. The maximum atomic E-state index is 12.0. The van der Waals surface area contributed by atoms with Gasteiger partial charge in [-0.3, -0.25) is 14.6 Å². The monoisotopic (exact) mass is 424 g/mol. The Morgan fingerprint density at radius 2 is 1.69 bits per heavy atom. The topological polar surface area (TPSA) is 47.6 Å². The number of benzene rings is 1. The molecule has 8 heteroatoms. The van der Waals surface area contributed by atoms with E-state index in [-0.39, 0.29) is 49.0 Å². The summed E-state index contributed by atoms with van der Waals surface area (Å²) in [6.45, 7) is 8.98. The molecule has 1 aromatic rings. The summed E-state index contributed by atoms with van der Waals surface area (Å²) in [7, 11) is 0. The van der Waals surface area contributed by atoms with Gasteiger partial charge in [-0.2, -0.15) is 0 Å². The molecule has 0 spiro atoms. The van der Waals surface area contributed by atoms with Gasteiger partial charge in [0, 0.05) is 52.4 Å². The lowest BCUT2D eigenvalue weighted by Gasteiger charge is -2.34. The van der Waals surface area contributed by atoms with Gasteiger partial charge in [-0.25, -0.2) is 0 Å². The molecule has 2 N–H and O–H groups in total. The number of halogens is 3. The summed E-state index contributed by atoms with van der Waals surface area (Å²) in [5.74, 6) is 0.399. The van der Waals surface area contributed by atoms with Crippen molar-refractivity contribution >= 4 is 43.1 Å². The van der Waals surface area contributed by atoms with Crippen molar-refractivity contribution in [3.63, 3.8) is 0 Å². The van der Waals surface area contributed by atoms with Crippen LogP contribution in [0.4, 0.5) is 0 Å². The highest BCUT2D eigenvalue weighted by molar-refractivity contribution is 5.86. The summed E-state index contributed by atoms with van der Waals surface area (Å²) in [5, 5.41) is 6.33. The van der Waals surface area contributed by atoms with Crippen LogP contribution in [-0.2, 0) is 11.3 Å². The van der Waals surface area contributed by atoms with Crippen LogP contribution in [0.2, 0.25) is 0 Å². The molecule has 0 bridgehead atoms. The van der Waals surface area contributed by atoms with Gasteiger partial charge in [0.05, 0.1) is 5.92 Å². The summed E-state index contributed by atoms with van der Waals surface area (Å²) in [5.41, 5.74) is 1.39. The number of carbonyl (C=O) groups is 1. The summed E-state index contributed by atoms with van der Waals surface area (Å²) in [6.07, 6.45) is 0.976. The Labute approximate surface area is 175 Å². The normalized spacial score (nSPS) is 20.4. The number of hydrogen-bond acceptors (Lipinski definition) is 4. The minimum atomic E-state index is 0. The van der Waals surface area contributed by atoms with E-state index in [1.165, 1.54) is 5.56 Å². The number of rotatable bonds is 6. The summed E-state index contributed by atoms with van der Waals surface area (Å²) in [6, 6.07) is 10.7. The molecule has 1 unspecified atom stereocenters. The second-order valence-corrected chi connectivity index (χ2v) is 6.58. The maximum Gasteiger partial charge on any atom is 0.224 e. The highest BCUT2D eigenvalue weighted by Crippen LogP contribution is 2.09. The van der Waals surface area contributed by atoms with E-state index in [0.717, 1.165) is 65.3 Å². The fourth-order valence-electron chi connectivity index (χ4n) is 3.37. The Hall–Kier alpha value is -0.560. The van der Waals surface area contributed by atoms with Crippen LogP contribution in [0, 0.1) is 5.92 Å². The van der Waals surface area contributed by atoms with Crippen LogP contribution in [-0.4, -0.2) is 68.1 Å². The van der Waals surface area contributed by atoms with Gasteiger partial charge >= 0.3 is 0 Å². The van der Waals surface area contributed by atoms with E-state index < -0.39 is 0 Å². The molecule has 5 nitrogen and oxygen atoms in total. The van der Waals surface area contributed by atoms with Crippen molar-refractivity contribution in [2.75, 3.05) is 52.4 Å². The molecule has 0 radical (unpaired) electrons. The Kier molecular flexibility index (Phi) is 13.3. The van der Waals surface area contributed by atoms with E-state index in [2.05, 4.69) is 50.8 Å². The summed E-state index contributed by atoms with van der Waals surface area (Å²) >= 11 is 0. The number of amides is 1. The molecule has 2 aliphatic rings. The molecule has 2 fully saturated rings. The lowest BCUT2D eigenvalue weighted by molar-refractivity contribution is -0.124. The Morgan fingerprint density at radius 3 is 2.31 bits per heavy atom. The lowest BCUT2D eigenvalue weighted by Crippen LogP contribution is -2.48. The van der Waals surface area contributed by atoms with Crippen molar-refractivity contribution < 1.29 is 4.79 Å². The van der Waals surface area contributed by atoms with Gasteiger partial charge in [0.25, 0.3) is 0 Å². The van der Waals surface area contributed by atoms with Gasteiger partial charge < -0.3 is 10.6 Å². The van der Waals surface area contributed by atoms with Crippen molar-refractivity contribution in [1.29, 1.82) is 0 Å². The van der Waals surface area contributed by atoms with Gasteiger partial charge in [0.15, 0.2) is 0 Å². The van der Waals surface area contributed by atoms with Crippen molar-refractivity contribution in [3.8, 4) is 0 Å². The van der Waals surface area contributed by atoms with E-state index in [0.29, 0.717) is 0 Å². The number of nitrogens with zero attached hydrogens (tertiary/aromatic N) is 2. The molecular formula is C18H31Cl3N4O. The standard InChI is InChI=1S/C18H28N4O.3ClH/c23-18(17-6-7-19-14-17)20-8-9-21-10-12-22(13-11-21)15-16-4-2-1-3-5-16;;;/h1-5,17,19H,6-15H2,(H,20,23);3*1H. The molecule has 0 aromatic heterocycles. The first-order valence-electron chi connectivity index (χ1n) is 8.78. The lowest BCUT2D eigenvalue weighted by atomic mass is 10.1. The van der Waals surface area contributed by atoms with Crippen LogP contribution in [0.1, 0.15) is 12.0 Å². The van der Waals surface area contributed by atoms with Crippen molar-refractivity contribution in [1.82, 2.24) is 20.4 Å². The zero-order valence-corrected chi connectivity index (χ0v) is 17.5. The number of nitrogens with one attached hydrogen (secondary N) is 2. The first-order valence-corrected chi connectivity index (χ1v) is 8.78. The average molecular weight is 426 g/mol. The average Bonchev–Trinajstić information content (AvgIpc) is 3.12. The summed E-state index contributed by atoms with van der Waals surface area (Å²) in [4.78, 5) is 16.9. The SMILES string of the molecule is Cl.Cl.Cl.O=C(NCCN1CCN(Cc2ccccc2)CC1)C1CCNC1. The van der Waals surface area contributed by atoms with Crippen LogP contribution < -0.4 is 10.6 Å². The predicted octanol–water partition coefficient (Wildman–Crippen LogP) is 1.80. The van der Waals surface area contributed by atoms with Crippen LogP contribution in [0.3, 0.4) is 0 Å². The largest absolute Gasteiger partial charge is 0.355 e. The second-order valence-electron chi connectivity index (χ2n) is 6.58. The van der Waals surface area contributed by atoms with Crippen molar-refractivity contribution in [2.45, 2.75) is 13.0 Å². The van der Waals surface area contributed by atoms with Crippen LogP contribution >= 0.6 is 37.2 Å². The molecule has 1 atom stereocenters. The fourth-order valence-corrected chi connectivity index (χ4v) is 3.37. The number of carbonyl (C=O) groups excluding carboxylic acids is 1. The van der Waals surface area contributed by atoms with Crippen LogP contribution in [0.5, 0.6) is 0 Å². The quantitative estimate of drug-likeness (QED) is 0.729. The minimum absolute atomic E-state index is 0. The molecule has 3 rings (SSSR count). The molecule has 2 heterocycles. The van der Waals surface area contributed by atoms with Gasteiger partial charge in [-0.05, 0) is 18.5 Å². The Balaban J connectivity index is 0.00000208. The molecule has 1 amide bonds. The Morgan fingerprint density at radius 1 is 1.04 bits per heavy atom. The summed E-state index contributed by atoms with van der Waals surface area (Å²) < 4.78 is 0. The van der Waals surface area contributed by atoms with Gasteiger partial charge in [0.1, 0.15) is 0 Å². The third-order valence-corrected chi connectivity index (χ3v) is 4.87. The highest BCUT2D eigenvalue weighted by Gasteiger charge is 2.22. The molecule has 0 aliphatic carbocycles. The third kappa shape index (κ3) is 7.99. The second kappa shape index (κ2) is 13.6. The number of piperazine rings is 1. The van der Waals surface area contributed by atoms with Gasteiger partial charge in [0.2, 0.25) is 5.91 Å². The van der Waals surface area contributed by atoms with E-state index >= 15 is 0 Å². The Bertz CT molecular complexity index is 492. The fraction of sp³-hybridized carbons (Fsp3) is 0.611. The third-order valence-electron chi connectivity index (χ3n) is 4.87.